The van der Waals surface area contributed by atoms with Crippen LogP contribution in [0.2, 0.25) is 0 Å². The maximum atomic E-state index is 3.67. The van der Waals surface area contributed by atoms with Crippen LogP contribution in [0, 0.1) is 5.92 Å². The molecule has 0 bridgehead atoms. The minimum absolute atomic E-state index is 0.637. The summed E-state index contributed by atoms with van der Waals surface area (Å²) in [6.07, 6.45) is 2.51. The fourth-order valence-corrected chi connectivity index (χ4v) is 2.60. The molecule has 1 atom stereocenters. The molecule has 1 aliphatic rings. The van der Waals surface area contributed by atoms with E-state index in [1.54, 1.807) is 0 Å². The fraction of sp³-hybridized carbons (Fsp3) is 0.600. The molecule has 0 spiro atoms. The van der Waals surface area contributed by atoms with Crippen LogP contribution in [-0.2, 0) is 0 Å². The van der Waals surface area contributed by atoms with E-state index in [1.165, 1.54) is 25.1 Å². The van der Waals surface area contributed by atoms with Crippen LogP contribution in [-0.4, -0.2) is 25.7 Å². The quantitative estimate of drug-likeness (QED) is 0.862. The molecule has 0 saturated carbocycles. The molecule has 1 saturated heterocycles. The van der Waals surface area contributed by atoms with Crippen molar-refractivity contribution >= 4 is 5.69 Å². The molecule has 0 aliphatic carbocycles. The predicted molar refractivity (Wildman–Crippen MR) is 74.5 cm³/mol. The number of hydrogen-bond acceptors (Lipinski definition) is 2. The van der Waals surface area contributed by atoms with Gasteiger partial charge in [-0.25, -0.2) is 0 Å². The van der Waals surface area contributed by atoms with Crippen molar-refractivity contribution in [1.29, 1.82) is 0 Å². The maximum absolute atomic E-state index is 3.67. The van der Waals surface area contributed by atoms with Gasteiger partial charge in [0.2, 0.25) is 0 Å². The van der Waals surface area contributed by atoms with E-state index in [4.69, 9.17) is 0 Å². The molecule has 2 nitrogen and oxygen atoms in total. The van der Waals surface area contributed by atoms with Gasteiger partial charge in [0.25, 0.3) is 0 Å². The van der Waals surface area contributed by atoms with Crippen LogP contribution in [0.25, 0.3) is 0 Å². The average Bonchev–Trinajstić information content (AvgIpc) is 2.55. The van der Waals surface area contributed by atoms with Gasteiger partial charge in [-0.1, -0.05) is 32.0 Å². The lowest BCUT2D eigenvalue weighted by Gasteiger charge is -2.27. The van der Waals surface area contributed by atoms with Crippen molar-refractivity contribution < 1.29 is 0 Å². The molecule has 1 aliphatic heterocycles. The molecule has 17 heavy (non-hydrogen) atoms. The standard InChI is InChI=1S/C15H24N2/c1-13(2)11-14-12-17(10-6-9-16-14)15-7-4-3-5-8-15/h3-5,7-8,13-14,16H,6,9-12H2,1-2H3. The Bertz CT molecular complexity index is 321. The molecule has 1 N–H and O–H groups in total. The van der Waals surface area contributed by atoms with Gasteiger partial charge in [-0.3, -0.25) is 0 Å². The zero-order chi connectivity index (χ0) is 12.1. The van der Waals surface area contributed by atoms with Crippen molar-refractivity contribution in [2.24, 2.45) is 5.92 Å². The number of nitrogens with zero attached hydrogens (tertiary/aromatic N) is 1. The minimum Gasteiger partial charge on any atom is -0.370 e. The van der Waals surface area contributed by atoms with Crippen molar-refractivity contribution in [3.8, 4) is 0 Å². The van der Waals surface area contributed by atoms with Crippen LogP contribution in [0.5, 0.6) is 0 Å². The molecule has 1 unspecified atom stereocenters. The van der Waals surface area contributed by atoms with E-state index < -0.39 is 0 Å². The molecule has 0 amide bonds. The van der Waals surface area contributed by atoms with E-state index in [0.29, 0.717) is 6.04 Å². The van der Waals surface area contributed by atoms with E-state index >= 15 is 0 Å². The summed E-state index contributed by atoms with van der Waals surface area (Å²) < 4.78 is 0. The number of hydrogen-bond donors (Lipinski definition) is 1. The first-order valence-electron chi connectivity index (χ1n) is 6.79. The van der Waals surface area contributed by atoms with Crippen LogP contribution in [0.3, 0.4) is 0 Å². The van der Waals surface area contributed by atoms with Crippen LogP contribution in [0.1, 0.15) is 26.7 Å². The largest absolute Gasteiger partial charge is 0.370 e. The van der Waals surface area contributed by atoms with E-state index in [9.17, 15) is 0 Å². The molecule has 1 fully saturated rings. The molecule has 94 valence electrons. The molecule has 1 aromatic rings. The number of nitrogens with one attached hydrogen (secondary N) is 1. The fourth-order valence-electron chi connectivity index (χ4n) is 2.60. The molecule has 0 radical (unpaired) electrons. The Balaban J connectivity index is 2.02. The summed E-state index contributed by atoms with van der Waals surface area (Å²) in [7, 11) is 0. The zero-order valence-corrected chi connectivity index (χ0v) is 11.0. The first kappa shape index (κ1) is 12.4. The van der Waals surface area contributed by atoms with Gasteiger partial charge in [-0.15, -0.1) is 0 Å². The van der Waals surface area contributed by atoms with Crippen molar-refractivity contribution in [3.05, 3.63) is 30.3 Å². The summed E-state index contributed by atoms with van der Waals surface area (Å²) in [5.41, 5.74) is 1.37. The summed E-state index contributed by atoms with van der Waals surface area (Å²) in [4.78, 5) is 2.52. The normalized spacial score (nSPS) is 21.6. The van der Waals surface area contributed by atoms with Crippen molar-refractivity contribution in [2.45, 2.75) is 32.7 Å². The second kappa shape index (κ2) is 6.06. The van der Waals surface area contributed by atoms with E-state index in [0.717, 1.165) is 19.0 Å². The molecule has 2 heteroatoms. The third kappa shape index (κ3) is 3.74. The van der Waals surface area contributed by atoms with Gasteiger partial charge in [-0.2, -0.15) is 0 Å². The van der Waals surface area contributed by atoms with Crippen molar-refractivity contribution in [1.82, 2.24) is 5.32 Å². The summed E-state index contributed by atoms with van der Waals surface area (Å²) in [6, 6.07) is 11.4. The highest BCUT2D eigenvalue weighted by molar-refractivity contribution is 5.46. The zero-order valence-electron chi connectivity index (χ0n) is 11.0. The third-order valence-corrected chi connectivity index (χ3v) is 3.36. The molecular weight excluding hydrogens is 208 g/mol. The highest BCUT2D eigenvalue weighted by Crippen LogP contribution is 2.17. The summed E-state index contributed by atoms with van der Waals surface area (Å²) >= 11 is 0. The Labute approximate surface area is 105 Å². The first-order chi connectivity index (χ1) is 8.25. The van der Waals surface area contributed by atoms with Crippen molar-refractivity contribution in [3.63, 3.8) is 0 Å². The Morgan fingerprint density at radius 2 is 2.06 bits per heavy atom. The average molecular weight is 232 g/mol. The van der Waals surface area contributed by atoms with Crippen LogP contribution < -0.4 is 10.2 Å². The molecule has 1 aromatic carbocycles. The summed E-state index contributed by atoms with van der Waals surface area (Å²) in [6.45, 7) is 8.08. The Hall–Kier alpha value is -1.02. The minimum atomic E-state index is 0.637. The molecule has 1 heterocycles. The molecule has 2 rings (SSSR count). The van der Waals surface area contributed by atoms with Gasteiger partial charge in [-0.05, 0) is 37.4 Å². The smallest absolute Gasteiger partial charge is 0.0366 e. The van der Waals surface area contributed by atoms with Crippen LogP contribution in [0.15, 0.2) is 30.3 Å². The number of anilines is 1. The van der Waals surface area contributed by atoms with Crippen molar-refractivity contribution in [2.75, 3.05) is 24.5 Å². The summed E-state index contributed by atoms with van der Waals surface area (Å²) in [5, 5.41) is 3.67. The molecule has 0 aromatic heterocycles. The lowest BCUT2D eigenvalue weighted by atomic mass is 10.0. The third-order valence-electron chi connectivity index (χ3n) is 3.36. The van der Waals surface area contributed by atoms with E-state index in [2.05, 4.69) is 54.4 Å². The highest BCUT2D eigenvalue weighted by Gasteiger charge is 2.18. The van der Waals surface area contributed by atoms with Crippen LogP contribution >= 0.6 is 0 Å². The maximum Gasteiger partial charge on any atom is 0.0366 e. The molecular formula is C15H24N2. The second-order valence-corrected chi connectivity index (χ2v) is 5.42. The first-order valence-corrected chi connectivity index (χ1v) is 6.79. The Morgan fingerprint density at radius 3 is 2.76 bits per heavy atom. The SMILES string of the molecule is CC(C)CC1CN(c2ccccc2)CCCN1. The second-order valence-electron chi connectivity index (χ2n) is 5.42. The number of rotatable bonds is 3. The predicted octanol–water partition coefficient (Wildman–Crippen LogP) is 2.90. The van der Waals surface area contributed by atoms with Gasteiger partial charge in [0.1, 0.15) is 0 Å². The number of benzene rings is 1. The van der Waals surface area contributed by atoms with Gasteiger partial charge >= 0.3 is 0 Å². The lowest BCUT2D eigenvalue weighted by molar-refractivity contribution is 0.436. The van der Waals surface area contributed by atoms with Gasteiger partial charge < -0.3 is 10.2 Å². The van der Waals surface area contributed by atoms with Gasteiger partial charge in [0.15, 0.2) is 0 Å². The van der Waals surface area contributed by atoms with E-state index in [-0.39, 0.29) is 0 Å². The highest BCUT2D eigenvalue weighted by atomic mass is 15.2. The monoisotopic (exact) mass is 232 g/mol. The Morgan fingerprint density at radius 1 is 1.29 bits per heavy atom. The Kier molecular flexibility index (Phi) is 4.43. The van der Waals surface area contributed by atoms with Gasteiger partial charge in [0, 0.05) is 24.8 Å². The lowest BCUT2D eigenvalue weighted by Crippen LogP contribution is -2.38. The van der Waals surface area contributed by atoms with Gasteiger partial charge in [0.05, 0.1) is 0 Å². The summed E-state index contributed by atoms with van der Waals surface area (Å²) in [5.74, 6) is 0.767. The number of para-hydroxylation sites is 1. The topological polar surface area (TPSA) is 15.3 Å². The van der Waals surface area contributed by atoms with Crippen LogP contribution in [0.4, 0.5) is 5.69 Å². The van der Waals surface area contributed by atoms with E-state index in [1.807, 2.05) is 0 Å².